The van der Waals surface area contributed by atoms with Gasteiger partial charge in [-0.2, -0.15) is 0 Å². The molecule has 60 valence electrons. The molecular weight excluding hydrogens is 268 g/mol. The maximum atomic E-state index is 5.71. The highest BCUT2D eigenvalue weighted by molar-refractivity contribution is 7.54. The summed E-state index contributed by atoms with van der Waals surface area (Å²) in [4.78, 5) is 0. The van der Waals surface area contributed by atoms with Crippen molar-refractivity contribution in [2.24, 2.45) is 0 Å². The van der Waals surface area contributed by atoms with Crippen molar-refractivity contribution in [3.63, 3.8) is 0 Å². The molecule has 0 aliphatic carbocycles. The van der Waals surface area contributed by atoms with Crippen molar-refractivity contribution in [3.8, 4) is 0 Å². The lowest BCUT2D eigenvalue weighted by Gasteiger charge is -2.24. The Bertz CT molecular complexity index is 88.1. The van der Waals surface area contributed by atoms with E-state index >= 15 is 0 Å². The van der Waals surface area contributed by atoms with E-state index in [1.165, 1.54) is 6.42 Å². The Morgan fingerprint density at radius 2 is 1.20 bits per heavy atom. The van der Waals surface area contributed by atoms with Crippen molar-refractivity contribution < 1.29 is 0 Å². The van der Waals surface area contributed by atoms with Gasteiger partial charge in [-0.05, 0) is 12.1 Å². The topological polar surface area (TPSA) is 0 Å². The summed E-state index contributed by atoms with van der Waals surface area (Å²) in [6, 6.07) is 2.24. The predicted molar refractivity (Wildman–Crippen MR) is 55.0 cm³/mol. The van der Waals surface area contributed by atoms with Crippen LogP contribution < -0.4 is 0 Å². The zero-order valence-electron chi connectivity index (χ0n) is 5.09. The van der Waals surface area contributed by atoms with Gasteiger partial charge < -0.3 is 0 Å². The summed E-state index contributed by atoms with van der Waals surface area (Å²) in [6.07, 6.45) is 1.26. The van der Waals surface area contributed by atoms with E-state index in [0.29, 0.717) is 0 Å². The van der Waals surface area contributed by atoms with Gasteiger partial charge in [-0.1, -0.05) is 6.42 Å². The lowest BCUT2D eigenvalue weighted by atomic mass is 10.5. The molecule has 1 aliphatic rings. The van der Waals surface area contributed by atoms with Gasteiger partial charge in [0.25, 0.3) is 6.69 Å². The normalized spacial score (nSPS) is 20.1. The van der Waals surface area contributed by atoms with Crippen molar-refractivity contribution in [2.75, 3.05) is 0 Å². The molecular formula is C3H6AlCl5Si. The fourth-order valence-electron chi connectivity index (χ4n) is 0.444. The van der Waals surface area contributed by atoms with Crippen molar-refractivity contribution in [1.82, 2.24) is 0 Å². The van der Waals surface area contributed by atoms with Crippen LogP contribution in [0.4, 0.5) is 0 Å². The van der Waals surface area contributed by atoms with Crippen LogP contribution in [0, 0.1) is 0 Å². The molecule has 0 N–H and O–H groups in total. The van der Waals surface area contributed by atoms with Crippen molar-refractivity contribution >= 4 is 70.4 Å². The monoisotopic (exact) mass is 272 g/mol. The van der Waals surface area contributed by atoms with Crippen LogP contribution in [0.25, 0.3) is 0 Å². The lowest BCUT2D eigenvalue weighted by Crippen LogP contribution is -2.27. The van der Waals surface area contributed by atoms with Gasteiger partial charge in [0, 0.05) is 0 Å². The third kappa shape index (κ3) is 8.30. The number of halogens is 5. The minimum Gasteiger partial charge on any atom is -0.214 e. The van der Waals surface area contributed by atoms with E-state index in [0.717, 1.165) is 12.1 Å². The Hall–Kier alpha value is 2.20. The van der Waals surface area contributed by atoms with E-state index in [-0.39, 0.29) is 0 Å². The second-order valence-electron chi connectivity index (χ2n) is 1.96. The highest BCUT2D eigenvalue weighted by atomic mass is 35.8. The SMILES string of the molecule is Cl[Si]1(Cl)CCC1.[Cl][Al]([Cl])[Cl]. The molecule has 0 atom stereocenters. The first-order valence-corrected chi connectivity index (χ1v) is 12.4. The van der Waals surface area contributed by atoms with Crippen LogP contribution in [0.1, 0.15) is 6.42 Å². The van der Waals surface area contributed by atoms with E-state index in [1.807, 2.05) is 0 Å². The Morgan fingerprint density at radius 1 is 1.00 bits per heavy atom. The molecule has 0 aromatic heterocycles. The van der Waals surface area contributed by atoms with Gasteiger partial charge in [-0.25, -0.2) is 30.1 Å². The molecule has 10 heavy (non-hydrogen) atoms. The zero-order valence-corrected chi connectivity index (χ0v) is 11.0. The van der Waals surface area contributed by atoms with Crippen LogP contribution in [0.5, 0.6) is 0 Å². The molecule has 0 aromatic carbocycles. The quantitative estimate of drug-likeness (QED) is 0.463. The fourth-order valence-corrected chi connectivity index (χ4v) is 2.94. The van der Waals surface area contributed by atoms with Gasteiger partial charge >= 0.3 is 11.4 Å². The maximum absolute atomic E-state index is 5.71. The lowest BCUT2D eigenvalue weighted by molar-refractivity contribution is 0.951. The summed E-state index contributed by atoms with van der Waals surface area (Å²) in [6.45, 7) is -1.51. The van der Waals surface area contributed by atoms with Crippen LogP contribution >= 0.6 is 52.3 Å². The molecule has 1 rings (SSSR count). The van der Waals surface area contributed by atoms with Crippen LogP contribution in [0.3, 0.4) is 0 Å². The third-order valence-corrected chi connectivity index (χ3v) is 5.52. The summed E-state index contributed by atoms with van der Waals surface area (Å²) in [5, 5.41) is 0. The molecule has 1 fully saturated rings. The maximum Gasteiger partial charge on any atom is 0.643 e. The summed E-state index contributed by atoms with van der Waals surface area (Å²) < 4.78 is 0. The smallest absolute Gasteiger partial charge is 0.214 e. The van der Waals surface area contributed by atoms with E-state index in [2.05, 4.69) is 0 Å². The standard InChI is InChI=1S/C3H6Cl2Si.Al.3ClH/c4-6(5)2-1-3-6;;;;/h1-3H2;;3*1H/q;+3;;;/p-3. The van der Waals surface area contributed by atoms with Gasteiger partial charge in [0.05, 0.1) is 0 Å². The molecule has 0 unspecified atom stereocenters. The largest absolute Gasteiger partial charge is 0.643 e. The second kappa shape index (κ2) is 5.78. The molecule has 7 heteroatoms. The van der Waals surface area contributed by atoms with Crippen molar-refractivity contribution in [1.29, 1.82) is 0 Å². The Morgan fingerprint density at radius 3 is 1.20 bits per heavy atom. The minimum atomic E-state index is -1.72. The molecule has 0 nitrogen and oxygen atoms in total. The van der Waals surface area contributed by atoms with Gasteiger partial charge in [0.2, 0.25) is 0 Å². The van der Waals surface area contributed by atoms with Crippen LogP contribution in [0.15, 0.2) is 0 Å². The zero-order chi connectivity index (χ0) is 8.20. The molecule has 0 radical (unpaired) electrons. The van der Waals surface area contributed by atoms with Crippen molar-refractivity contribution in [2.45, 2.75) is 18.5 Å². The average Bonchev–Trinajstić information content (AvgIpc) is 1.60. The second-order valence-corrected chi connectivity index (χ2v) is 16.0. The molecule has 0 spiro atoms. The number of rotatable bonds is 0. The molecule has 1 aliphatic heterocycles. The molecule has 0 aromatic rings. The first kappa shape index (κ1) is 12.2. The van der Waals surface area contributed by atoms with Crippen LogP contribution in [0.2, 0.25) is 12.1 Å². The Labute approximate surface area is 88.1 Å². The van der Waals surface area contributed by atoms with E-state index in [4.69, 9.17) is 52.3 Å². The summed E-state index contributed by atoms with van der Waals surface area (Å²) in [7, 11) is 14.8. The van der Waals surface area contributed by atoms with Crippen molar-refractivity contribution in [3.05, 3.63) is 0 Å². The molecule has 0 amide bonds. The predicted octanol–water partition coefficient (Wildman–Crippen LogP) is 4.00. The first-order valence-electron chi connectivity index (χ1n) is 2.74. The number of hydrogen-bond donors (Lipinski definition) is 0. The average molecular weight is 274 g/mol. The summed E-state index contributed by atoms with van der Waals surface area (Å²) in [5.74, 6) is 0. The first-order chi connectivity index (χ1) is 4.44. The van der Waals surface area contributed by atoms with Crippen LogP contribution in [-0.4, -0.2) is 18.1 Å². The van der Waals surface area contributed by atoms with Gasteiger partial charge in [-0.3, -0.25) is 0 Å². The highest BCUT2D eigenvalue weighted by Crippen LogP contribution is 2.38. The highest BCUT2D eigenvalue weighted by Gasteiger charge is 2.35. The van der Waals surface area contributed by atoms with E-state index in [9.17, 15) is 0 Å². The Kier molecular flexibility index (Phi) is 7.05. The van der Waals surface area contributed by atoms with Gasteiger partial charge in [-0.15, -0.1) is 22.2 Å². The van der Waals surface area contributed by atoms with E-state index in [1.54, 1.807) is 0 Å². The van der Waals surface area contributed by atoms with Gasteiger partial charge in [0.15, 0.2) is 0 Å². The molecule has 1 saturated heterocycles. The fraction of sp³-hybridized carbons (Fsp3) is 1.00. The van der Waals surface area contributed by atoms with E-state index < -0.39 is 18.1 Å². The molecule has 0 bridgehead atoms. The van der Waals surface area contributed by atoms with Crippen LogP contribution in [-0.2, 0) is 0 Å². The summed E-state index contributed by atoms with van der Waals surface area (Å²) >= 11 is 9.70. The third-order valence-electron chi connectivity index (χ3n) is 1.09. The summed E-state index contributed by atoms with van der Waals surface area (Å²) in [5.41, 5.74) is 0. The number of hydrogen-bond acceptors (Lipinski definition) is 0. The minimum absolute atomic E-state index is 1.12. The Balaban J connectivity index is 0.000000180. The van der Waals surface area contributed by atoms with Gasteiger partial charge in [0.1, 0.15) is 0 Å². The molecule has 1 heterocycles. The molecule has 0 saturated carbocycles.